The molecule has 0 amide bonds. The molecule has 2 rings (SSSR count). The fraction of sp³-hybridized carbons (Fsp3) is 1.00. The predicted octanol–water partition coefficient (Wildman–Crippen LogP) is 3.19. The molecule has 2 fully saturated rings. The van der Waals surface area contributed by atoms with E-state index in [1.807, 2.05) is 0 Å². The highest BCUT2D eigenvalue weighted by molar-refractivity contribution is 4.94. The van der Waals surface area contributed by atoms with Crippen LogP contribution in [0.15, 0.2) is 0 Å². The molecule has 118 valence electrons. The molecule has 1 aliphatic heterocycles. The van der Waals surface area contributed by atoms with Crippen LogP contribution in [0.25, 0.3) is 0 Å². The summed E-state index contributed by atoms with van der Waals surface area (Å²) in [7, 11) is 0. The lowest BCUT2D eigenvalue weighted by molar-refractivity contribution is -0.107. The first kappa shape index (κ1) is 16.3. The summed E-state index contributed by atoms with van der Waals surface area (Å²) in [5.41, 5.74) is 0. The van der Waals surface area contributed by atoms with Crippen LogP contribution in [0.2, 0.25) is 0 Å². The van der Waals surface area contributed by atoms with Crippen molar-refractivity contribution < 1.29 is 4.74 Å². The Balaban J connectivity index is 2.06. The third-order valence-electron chi connectivity index (χ3n) is 5.15. The van der Waals surface area contributed by atoms with Gasteiger partial charge in [0.15, 0.2) is 0 Å². The molecule has 1 heterocycles. The molecule has 0 spiro atoms. The summed E-state index contributed by atoms with van der Waals surface area (Å²) in [5.74, 6) is 0. The number of hydrogen-bond acceptors (Lipinski definition) is 3. The van der Waals surface area contributed by atoms with Gasteiger partial charge in [-0.05, 0) is 32.2 Å². The Hall–Kier alpha value is -0.120. The number of nitrogens with one attached hydrogen (secondary N) is 1. The highest BCUT2D eigenvalue weighted by atomic mass is 16.5. The lowest BCUT2D eigenvalue weighted by Gasteiger charge is -2.49. The van der Waals surface area contributed by atoms with Crippen LogP contribution in [0.3, 0.4) is 0 Å². The predicted molar refractivity (Wildman–Crippen MR) is 85.2 cm³/mol. The van der Waals surface area contributed by atoms with Gasteiger partial charge in [-0.3, -0.25) is 4.90 Å². The fourth-order valence-electron chi connectivity index (χ4n) is 4.29. The lowest BCUT2D eigenvalue weighted by atomic mass is 9.87. The largest absolute Gasteiger partial charge is 0.375 e. The van der Waals surface area contributed by atoms with E-state index in [0.717, 1.165) is 19.7 Å². The van der Waals surface area contributed by atoms with E-state index in [0.29, 0.717) is 24.2 Å². The van der Waals surface area contributed by atoms with E-state index in [9.17, 15) is 0 Å². The summed E-state index contributed by atoms with van der Waals surface area (Å²) in [6.45, 7) is 10.0. The monoisotopic (exact) mass is 282 g/mol. The van der Waals surface area contributed by atoms with Crippen molar-refractivity contribution in [1.29, 1.82) is 0 Å². The van der Waals surface area contributed by atoms with Gasteiger partial charge in [-0.15, -0.1) is 0 Å². The molecule has 3 nitrogen and oxygen atoms in total. The quantitative estimate of drug-likeness (QED) is 0.776. The van der Waals surface area contributed by atoms with Crippen molar-refractivity contribution in [2.75, 3.05) is 19.7 Å². The third-order valence-corrected chi connectivity index (χ3v) is 5.15. The van der Waals surface area contributed by atoms with E-state index in [1.165, 1.54) is 44.9 Å². The van der Waals surface area contributed by atoms with Gasteiger partial charge in [0, 0.05) is 24.7 Å². The van der Waals surface area contributed by atoms with Gasteiger partial charge >= 0.3 is 0 Å². The molecular formula is C17H34N2O. The molecule has 0 aromatic heterocycles. The summed E-state index contributed by atoms with van der Waals surface area (Å²) >= 11 is 0. The first-order chi connectivity index (χ1) is 9.81. The minimum Gasteiger partial charge on any atom is -0.375 e. The van der Waals surface area contributed by atoms with E-state index in [-0.39, 0.29) is 0 Å². The number of nitrogens with zero attached hydrogens (tertiary/aromatic N) is 1. The Kier molecular flexibility index (Phi) is 6.79. The van der Waals surface area contributed by atoms with Crippen LogP contribution in [-0.4, -0.2) is 48.8 Å². The van der Waals surface area contributed by atoms with Crippen molar-refractivity contribution in [3.63, 3.8) is 0 Å². The SMILES string of the molecule is CCCC(NCC)C(CC)N1CCOC2CCCCC21. The maximum Gasteiger partial charge on any atom is 0.0731 e. The van der Waals surface area contributed by atoms with Crippen molar-refractivity contribution in [3.05, 3.63) is 0 Å². The second-order valence-corrected chi connectivity index (χ2v) is 6.43. The normalized spacial score (nSPS) is 30.8. The summed E-state index contributed by atoms with van der Waals surface area (Å²) in [6, 6.07) is 2.01. The number of morpholine rings is 1. The van der Waals surface area contributed by atoms with Crippen LogP contribution in [0.4, 0.5) is 0 Å². The summed E-state index contributed by atoms with van der Waals surface area (Å²) in [5, 5.41) is 3.74. The number of fused-ring (bicyclic) bond motifs is 1. The van der Waals surface area contributed by atoms with E-state index >= 15 is 0 Å². The van der Waals surface area contributed by atoms with Gasteiger partial charge in [0.1, 0.15) is 0 Å². The minimum absolute atomic E-state index is 0.510. The molecule has 1 saturated heterocycles. The number of ether oxygens (including phenoxy) is 1. The molecule has 3 heteroatoms. The topological polar surface area (TPSA) is 24.5 Å². The average Bonchev–Trinajstić information content (AvgIpc) is 2.49. The van der Waals surface area contributed by atoms with Gasteiger partial charge in [-0.25, -0.2) is 0 Å². The molecule has 4 unspecified atom stereocenters. The standard InChI is InChI=1S/C17H34N2O/c1-4-9-14(18-6-3)15(5-2)19-12-13-20-17-11-8-7-10-16(17)19/h14-18H,4-13H2,1-3H3. The molecule has 1 aliphatic carbocycles. The molecule has 0 aromatic rings. The summed E-state index contributed by atoms with van der Waals surface area (Å²) in [6.07, 6.45) is 9.68. The van der Waals surface area contributed by atoms with Crippen LogP contribution >= 0.6 is 0 Å². The second-order valence-electron chi connectivity index (χ2n) is 6.43. The van der Waals surface area contributed by atoms with Crippen LogP contribution in [0, 0.1) is 0 Å². The van der Waals surface area contributed by atoms with Crippen molar-refractivity contribution >= 4 is 0 Å². The maximum atomic E-state index is 6.04. The number of likely N-dealkylation sites (N-methyl/N-ethyl adjacent to an activating group) is 1. The van der Waals surface area contributed by atoms with Crippen molar-refractivity contribution in [1.82, 2.24) is 10.2 Å². The van der Waals surface area contributed by atoms with Crippen molar-refractivity contribution in [2.45, 2.75) is 89.9 Å². The van der Waals surface area contributed by atoms with Gasteiger partial charge in [-0.1, -0.05) is 40.0 Å². The van der Waals surface area contributed by atoms with E-state index in [2.05, 4.69) is 31.0 Å². The first-order valence-electron chi connectivity index (χ1n) is 8.92. The molecule has 1 saturated carbocycles. The van der Waals surface area contributed by atoms with Gasteiger partial charge in [0.2, 0.25) is 0 Å². The lowest BCUT2D eigenvalue weighted by Crippen LogP contribution is -2.60. The molecule has 0 bridgehead atoms. The summed E-state index contributed by atoms with van der Waals surface area (Å²) in [4.78, 5) is 2.80. The fourth-order valence-corrected chi connectivity index (χ4v) is 4.29. The molecule has 4 atom stereocenters. The zero-order chi connectivity index (χ0) is 14.4. The minimum atomic E-state index is 0.510. The van der Waals surface area contributed by atoms with Crippen LogP contribution < -0.4 is 5.32 Å². The highest BCUT2D eigenvalue weighted by Gasteiger charge is 2.38. The Morgan fingerprint density at radius 2 is 2.00 bits per heavy atom. The molecule has 2 aliphatic rings. The maximum absolute atomic E-state index is 6.04. The Labute approximate surface area is 125 Å². The molecular weight excluding hydrogens is 248 g/mol. The van der Waals surface area contributed by atoms with Gasteiger partial charge in [-0.2, -0.15) is 0 Å². The third kappa shape index (κ3) is 3.75. The van der Waals surface area contributed by atoms with E-state index in [4.69, 9.17) is 4.74 Å². The number of rotatable bonds is 7. The Morgan fingerprint density at radius 1 is 1.20 bits per heavy atom. The van der Waals surface area contributed by atoms with Crippen LogP contribution in [0.5, 0.6) is 0 Å². The molecule has 0 aromatic carbocycles. The first-order valence-corrected chi connectivity index (χ1v) is 8.92. The van der Waals surface area contributed by atoms with Gasteiger partial charge in [0.05, 0.1) is 12.7 Å². The van der Waals surface area contributed by atoms with Gasteiger partial charge in [0.25, 0.3) is 0 Å². The van der Waals surface area contributed by atoms with Gasteiger partial charge < -0.3 is 10.1 Å². The average molecular weight is 282 g/mol. The number of hydrogen-bond donors (Lipinski definition) is 1. The van der Waals surface area contributed by atoms with Crippen molar-refractivity contribution in [3.8, 4) is 0 Å². The smallest absolute Gasteiger partial charge is 0.0731 e. The Bertz CT molecular complexity index is 264. The van der Waals surface area contributed by atoms with E-state index < -0.39 is 0 Å². The zero-order valence-corrected chi connectivity index (χ0v) is 13.7. The van der Waals surface area contributed by atoms with Crippen LogP contribution in [-0.2, 0) is 4.74 Å². The second kappa shape index (κ2) is 8.35. The Morgan fingerprint density at radius 3 is 2.70 bits per heavy atom. The highest BCUT2D eigenvalue weighted by Crippen LogP contribution is 2.31. The molecule has 0 radical (unpaired) electrons. The summed E-state index contributed by atoms with van der Waals surface area (Å²) < 4.78 is 6.04. The molecule has 1 N–H and O–H groups in total. The molecule has 20 heavy (non-hydrogen) atoms. The van der Waals surface area contributed by atoms with Crippen molar-refractivity contribution in [2.24, 2.45) is 0 Å². The van der Waals surface area contributed by atoms with Crippen LogP contribution in [0.1, 0.15) is 65.7 Å². The van der Waals surface area contributed by atoms with E-state index in [1.54, 1.807) is 0 Å². The zero-order valence-electron chi connectivity index (χ0n) is 13.7.